The van der Waals surface area contributed by atoms with Crippen LogP contribution in [0, 0.1) is 17.6 Å². The number of pyridine rings is 1. The van der Waals surface area contributed by atoms with Gasteiger partial charge in [0, 0.05) is 54.8 Å². The highest BCUT2D eigenvalue weighted by atomic mass is 19.4. The molecular weight excluding hydrogens is 503 g/mol. The smallest absolute Gasteiger partial charge is 0.417 e. The van der Waals surface area contributed by atoms with E-state index in [0.29, 0.717) is 0 Å². The first-order valence-electron chi connectivity index (χ1n) is 11.1. The number of aromatic nitrogens is 3. The Morgan fingerprint density at radius 1 is 1.22 bits per heavy atom. The summed E-state index contributed by atoms with van der Waals surface area (Å²) in [6.07, 6.45) is -2.38. The van der Waals surface area contributed by atoms with Crippen molar-refractivity contribution in [3.63, 3.8) is 0 Å². The lowest BCUT2D eigenvalue weighted by Gasteiger charge is -2.32. The van der Waals surface area contributed by atoms with Crippen LogP contribution in [-0.4, -0.2) is 45.0 Å². The van der Waals surface area contributed by atoms with Crippen molar-refractivity contribution in [2.24, 2.45) is 13.0 Å². The van der Waals surface area contributed by atoms with E-state index >= 15 is 0 Å². The number of amides is 1. The van der Waals surface area contributed by atoms with Crippen LogP contribution in [0.25, 0.3) is 5.82 Å². The number of aryl methyl sites for hydroxylation is 1. The Kier molecular flexibility index (Phi) is 6.61. The van der Waals surface area contributed by atoms with Crippen LogP contribution >= 0.6 is 0 Å². The monoisotopic (exact) mass is 526 g/mol. The number of rotatable bonds is 5. The summed E-state index contributed by atoms with van der Waals surface area (Å²) < 4.78 is 83.4. The number of halogens is 5. The number of hydrogen-bond acceptors (Lipinski definition) is 5. The first-order valence-corrected chi connectivity index (χ1v) is 11.1. The number of alkyl halides is 3. The Labute approximate surface area is 207 Å². The standard InChI is InChI=1S/C24H23F5N4O4/c1-12-17(14-5-6-15(25)18(26)19(14)36-4)20(37-23(12,2)24(27,28)29)21(34)31-13-7-8-30-16(11-13)33-10-9-32(3)22(33)35/h5-12,17,20H,1-4H3,(H,30,31,34)/t12-,17-,20+,23+/m0/s1. The van der Waals surface area contributed by atoms with E-state index in [1.807, 2.05) is 0 Å². The SMILES string of the molecule is COc1c([C@H]2[C@H](C(=O)Nc3ccnc(-n4ccn(C)c4=O)c3)O[C@@](C)(C(F)(F)F)[C@H]2C)ccc(F)c1F. The second-order valence-electron chi connectivity index (χ2n) is 8.90. The molecule has 0 aliphatic carbocycles. The molecule has 1 aliphatic heterocycles. The number of ether oxygens (including phenoxy) is 2. The van der Waals surface area contributed by atoms with Crippen molar-refractivity contribution in [2.75, 3.05) is 12.4 Å². The van der Waals surface area contributed by atoms with Crippen LogP contribution in [0.2, 0.25) is 0 Å². The molecule has 198 valence electrons. The normalized spacial score (nSPS) is 23.8. The molecule has 0 radical (unpaired) electrons. The number of nitrogens with one attached hydrogen (secondary N) is 1. The van der Waals surface area contributed by atoms with Gasteiger partial charge in [0.05, 0.1) is 7.11 Å². The van der Waals surface area contributed by atoms with Gasteiger partial charge in [-0.05, 0) is 19.1 Å². The summed E-state index contributed by atoms with van der Waals surface area (Å²) in [5, 5.41) is 2.49. The molecule has 0 bridgehead atoms. The summed E-state index contributed by atoms with van der Waals surface area (Å²) in [5.41, 5.74) is -3.21. The molecule has 3 aromatic rings. The van der Waals surface area contributed by atoms with Gasteiger partial charge < -0.3 is 19.4 Å². The van der Waals surface area contributed by atoms with Crippen LogP contribution < -0.4 is 15.7 Å². The van der Waals surface area contributed by atoms with Crippen LogP contribution in [0.3, 0.4) is 0 Å². The molecule has 4 rings (SSSR count). The van der Waals surface area contributed by atoms with Crippen LogP contribution in [0.4, 0.5) is 27.6 Å². The van der Waals surface area contributed by atoms with Gasteiger partial charge in [0.1, 0.15) is 11.9 Å². The number of benzene rings is 1. The minimum absolute atomic E-state index is 0.124. The molecule has 1 aromatic carbocycles. The molecule has 1 N–H and O–H groups in total. The van der Waals surface area contributed by atoms with Gasteiger partial charge in [-0.3, -0.25) is 9.36 Å². The average Bonchev–Trinajstić information content (AvgIpc) is 3.32. The molecular formula is C24H23F5N4O4. The molecule has 13 heteroatoms. The summed E-state index contributed by atoms with van der Waals surface area (Å²) >= 11 is 0. The molecule has 4 atom stereocenters. The molecule has 1 aliphatic rings. The topological polar surface area (TPSA) is 87.4 Å². The summed E-state index contributed by atoms with van der Waals surface area (Å²) in [7, 11) is 2.58. The molecule has 1 fully saturated rings. The Morgan fingerprint density at radius 2 is 1.92 bits per heavy atom. The second kappa shape index (κ2) is 9.29. The van der Waals surface area contributed by atoms with Gasteiger partial charge in [0.25, 0.3) is 5.91 Å². The third kappa shape index (κ3) is 4.37. The van der Waals surface area contributed by atoms with E-state index in [1.165, 1.54) is 53.8 Å². The lowest BCUT2D eigenvalue weighted by Crippen LogP contribution is -2.47. The van der Waals surface area contributed by atoms with Crippen molar-refractivity contribution >= 4 is 11.6 Å². The van der Waals surface area contributed by atoms with E-state index in [0.717, 1.165) is 26.2 Å². The fraction of sp³-hybridized carbons (Fsp3) is 0.375. The van der Waals surface area contributed by atoms with Gasteiger partial charge in [-0.15, -0.1) is 0 Å². The second-order valence-corrected chi connectivity index (χ2v) is 8.90. The van der Waals surface area contributed by atoms with Crippen LogP contribution in [0.5, 0.6) is 5.75 Å². The number of methoxy groups -OCH3 is 1. The van der Waals surface area contributed by atoms with Crippen molar-refractivity contribution in [1.29, 1.82) is 0 Å². The molecule has 1 saturated heterocycles. The van der Waals surface area contributed by atoms with Crippen molar-refractivity contribution in [1.82, 2.24) is 14.1 Å². The number of hydrogen-bond donors (Lipinski definition) is 1. The molecule has 0 saturated carbocycles. The Bertz CT molecular complexity index is 1400. The highest BCUT2D eigenvalue weighted by molar-refractivity contribution is 5.95. The molecule has 0 spiro atoms. The van der Waals surface area contributed by atoms with E-state index in [-0.39, 0.29) is 17.1 Å². The van der Waals surface area contributed by atoms with Crippen LogP contribution in [0.1, 0.15) is 25.3 Å². The molecule has 1 amide bonds. The maximum absolute atomic E-state index is 14.5. The third-order valence-corrected chi connectivity index (χ3v) is 6.78. The van der Waals surface area contributed by atoms with Gasteiger partial charge in [-0.2, -0.15) is 17.6 Å². The molecule has 3 heterocycles. The number of carbonyl (C=O) groups excluding carboxylic acids is 1. The molecule has 8 nitrogen and oxygen atoms in total. The Balaban J connectivity index is 1.74. The van der Waals surface area contributed by atoms with E-state index in [1.54, 1.807) is 0 Å². The van der Waals surface area contributed by atoms with E-state index in [4.69, 9.17) is 9.47 Å². The highest BCUT2D eigenvalue weighted by Crippen LogP contribution is 2.55. The average molecular weight is 526 g/mol. The van der Waals surface area contributed by atoms with Gasteiger partial charge in [0.2, 0.25) is 5.82 Å². The first kappa shape index (κ1) is 26.3. The van der Waals surface area contributed by atoms with Gasteiger partial charge in [0.15, 0.2) is 17.2 Å². The fourth-order valence-corrected chi connectivity index (χ4v) is 4.52. The quantitative estimate of drug-likeness (QED) is 0.509. The van der Waals surface area contributed by atoms with Crippen molar-refractivity contribution in [2.45, 2.75) is 37.6 Å². The fourth-order valence-electron chi connectivity index (χ4n) is 4.52. The summed E-state index contributed by atoms with van der Waals surface area (Å²) in [6.45, 7) is 2.02. The van der Waals surface area contributed by atoms with Gasteiger partial charge in [-0.25, -0.2) is 14.2 Å². The first-order chi connectivity index (χ1) is 17.3. The largest absolute Gasteiger partial charge is 0.493 e. The minimum atomic E-state index is -4.89. The molecule has 37 heavy (non-hydrogen) atoms. The number of carbonyl (C=O) groups is 1. The lowest BCUT2D eigenvalue weighted by molar-refractivity contribution is -0.272. The van der Waals surface area contributed by atoms with Crippen LogP contribution in [-0.2, 0) is 16.6 Å². The highest BCUT2D eigenvalue weighted by Gasteiger charge is 2.65. The Hall–Kier alpha value is -3.74. The van der Waals surface area contributed by atoms with Crippen molar-refractivity contribution in [3.8, 4) is 11.6 Å². The third-order valence-electron chi connectivity index (χ3n) is 6.78. The van der Waals surface area contributed by atoms with E-state index in [2.05, 4.69) is 10.3 Å². The van der Waals surface area contributed by atoms with E-state index < -0.39 is 58.7 Å². The Morgan fingerprint density at radius 3 is 2.51 bits per heavy atom. The summed E-state index contributed by atoms with van der Waals surface area (Å²) in [5.74, 6) is -6.81. The maximum Gasteiger partial charge on any atom is 0.417 e. The number of nitrogens with zero attached hydrogens (tertiary/aromatic N) is 3. The maximum atomic E-state index is 14.5. The predicted molar refractivity (Wildman–Crippen MR) is 122 cm³/mol. The predicted octanol–water partition coefficient (Wildman–Crippen LogP) is 3.94. The summed E-state index contributed by atoms with van der Waals surface area (Å²) in [6, 6.07) is 4.57. The number of imidazole rings is 1. The minimum Gasteiger partial charge on any atom is -0.493 e. The zero-order chi connectivity index (χ0) is 27.3. The molecule has 2 aromatic heterocycles. The number of anilines is 1. The molecule has 0 unspecified atom stereocenters. The lowest BCUT2D eigenvalue weighted by atomic mass is 9.77. The van der Waals surface area contributed by atoms with E-state index in [9.17, 15) is 31.5 Å². The zero-order valence-electron chi connectivity index (χ0n) is 20.1. The van der Waals surface area contributed by atoms with Crippen molar-refractivity contribution < 1.29 is 36.2 Å². The van der Waals surface area contributed by atoms with Gasteiger partial charge in [-0.1, -0.05) is 13.0 Å². The van der Waals surface area contributed by atoms with Gasteiger partial charge >= 0.3 is 11.9 Å². The van der Waals surface area contributed by atoms with Crippen LogP contribution in [0.15, 0.2) is 47.7 Å². The zero-order valence-corrected chi connectivity index (χ0v) is 20.1. The van der Waals surface area contributed by atoms with Crippen molar-refractivity contribution in [3.05, 3.63) is 70.5 Å². The summed E-state index contributed by atoms with van der Waals surface area (Å²) in [4.78, 5) is 29.6.